The van der Waals surface area contributed by atoms with Crippen LogP contribution in [-0.2, 0) is 50.3 Å². The molecule has 0 bridgehead atoms. The third kappa shape index (κ3) is 9.38. The van der Waals surface area contributed by atoms with Gasteiger partial charge in [0.15, 0.2) is 0 Å². The van der Waals surface area contributed by atoms with Gasteiger partial charge in [-0.15, -0.1) is 0 Å². The van der Waals surface area contributed by atoms with Gasteiger partial charge < -0.3 is 33.9 Å². The molecule has 3 aromatic rings. The molecule has 0 unspecified atom stereocenters. The molecule has 59 heavy (non-hydrogen) atoms. The predicted octanol–water partition coefficient (Wildman–Crippen LogP) is 3.81. The average Bonchev–Trinajstić information content (AvgIpc) is 4.01. The Kier molecular flexibility index (Phi) is 11.0. The van der Waals surface area contributed by atoms with Gasteiger partial charge in [0, 0.05) is 55.5 Å². The van der Waals surface area contributed by atoms with Crippen molar-refractivity contribution < 1.29 is 57.8 Å². The van der Waals surface area contributed by atoms with Crippen molar-refractivity contribution in [2.24, 2.45) is 0 Å². The molecule has 0 aromatic heterocycles. The first-order valence-electron chi connectivity index (χ1n) is 19.4. The van der Waals surface area contributed by atoms with E-state index in [1.165, 1.54) is 0 Å². The van der Waals surface area contributed by atoms with Gasteiger partial charge in [0.1, 0.15) is 50.2 Å². The molecule has 310 valence electrons. The molecule has 6 aliphatic rings. The van der Waals surface area contributed by atoms with Crippen LogP contribution in [-0.4, -0.2) is 106 Å². The molecule has 4 fully saturated rings. The largest absolute Gasteiger partial charge is 0.488 e. The second-order valence-corrected chi connectivity index (χ2v) is 15.0. The predicted molar refractivity (Wildman–Crippen MR) is 213 cm³/mol. The fraction of sp³-hybridized carbons (Fsp3) is 0.381. The smallest absolute Gasteiger partial charge is 0.241 e. The molecular formula is C42H46N5O12+. The number of amides is 1. The van der Waals surface area contributed by atoms with Crippen molar-refractivity contribution in [1.82, 2.24) is 9.89 Å². The zero-order valence-electron chi connectivity index (χ0n) is 33.4. The summed E-state index contributed by atoms with van der Waals surface area (Å²) < 4.78 is 21.7. The molecule has 0 spiro atoms. The van der Waals surface area contributed by atoms with E-state index in [4.69, 9.17) is 53.0 Å². The summed E-state index contributed by atoms with van der Waals surface area (Å²) in [5, 5.41) is 4.66. The average molecular weight is 813 g/mol. The van der Waals surface area contributed by atoms with Gasteiger partial charge in [0.2, 0.25) is 36.4 Å². The maximum Gasteiger partial charge on any atom is 0.241 e. The van der Waals surface area contributed by atoms with E-state index < -0.39 is 25.2 Å². The van der Waals surface area contributed by atoms with E-state index in [-0.39, 0.29) is 25.5 Å². The molecule has 1 amide bonds. The second kappa shape index (κ2) is 16.6. The first-order chi connectivity index (χ1) is 28.7. The minimum Gasteiger partial charge on any atom is -0.488 e. The van der Waals surface area contributed by atoms with Crippen molar-refractivity contribution >= 4 is 33.9 Å². The topological polar surface area (TPSA) is 174 Å². The SMILES string of the molecule is CNC(=O)Cc1ccc(OCCOc2cc(-c3c4ccc(=[N+](C)C)cc-4oc4cc(N(C)C)ccc34)ccc2N(CC2OO2)CC2OO2)c(N(CC2OO2)CC2OO2)c1. The molecule has 0 atom stereocenters. The Morgan fingerprint density at radius 3 is 1.92 bits per heavy atom. The van der Waals surface area contributed by atoms with Gasteiger partial charge >= 0.3 is 0 Å². The number of carbonyl (C=O) groups is 1. The Labute approximate surface area is 339 Å². The van der Waals surface area contributed by atoms with Crippen molar-refractivity contribution in [3.63, 3.8) is 0 Å². The third-order valence-electron chi connectivity index (χ3n) is 10.3. The summed E-state index contributed by atoms with van der Waals surface area (Å²) in [5.41, 5.74) is 7.01. The lowest BCUT2D eigenvalue weighted by atomic mass is 9.93. The van der Waals surface area contributed by atoms with Gasteiger partial charge in [0.25, 0.3) is 0 Å². The number of ether oxygens (including phenoxy) is 2. The first-order valence-corrected chi connectivity index (χ1v) is 19.4. The molecule has 17 heteroatoms. The highest BCUT2D eigenvalue weighted by atomic mass is 17.4. The summed E-state index contributed by atoms with van der Waals surface area (Å²) in [6.07, 6.45) is -1.40. The maximum absolute atomic E-state index is 12.3. The van der Waals surface area contributed by atoms with Crippen LogP contribution in [0.4, 0.5) is 17.1 Å². The molecule has 1 aliphatic carbocycles. The Balaban J connectivity index is 1.05. The van der Waals surface area contributed by atoms with Crippen LogP contribution >= 0.6 is 0 Å². The number of benzene rings is 4. The summed E-state index contributed by atoms with van der Waals surface area (Å²) in [7, 11) is 9.65. The molecule has 5 aliphatic heterocycles. The molecule has 3 aromatic carbocycles. The van der Waals surface area contributed by atoms with E-state index in [9.17, 15) is 4.79 Å². The van der Waals surface area contributed by atoms with Gasteiger partial charge in [-0.05, 0) is 53.6 Å². The van der Waals surface area contributed by atoms with Crippen molar-refractivity contribution in [2.75, 3.05) is 89.3 Å². The minimum atomic E-state index is -0.406. The quantitative estimate of drug-likeness (QED) is 0.0419. The van der Waals surface area contributed by atoms with Gasteiger partial charge in [-0.25, -0.2) is 4.58 Å². The Morgan fingerprint density at radius 2 is 1.32 bits per heavy atom. The molecule has 9 rings (SSSR count). The molecule has 0 saturated carbocycles. The first kappa shape index (κ1) is 39.0. The number of nitrogens with one attached hydrogen (secondary N) is 1. The number of hydrogen-bond acceptors (Lipinski definition) is 15. The molecular weight excluding hydrogens is 766 g/mol. The highest BCUT2D eigenvalue weighted by molar-refractivity contribution is 6.03. The van der Waals surface area contributed by atoms with Crippen molar-refractivity contribution in [1.29, 1.82) is 0 Å². The number of nitrogens with zero attached hydrogens (tertiary/aromatic N) is 4. The van der Waals surface area contributed by atoms with Crippen molar-refractivity contribution in [2.45, 2.75) is 31.6 Å². The van der Waals surface area contributed by atoms with E-state index in [1.807, 2.05) is 63.4 Å². The normalized spacial score (nSPS) is 16.3. The van der Waals surface area contributed by atoms with E-state index >= 15 is 0 Å². The van der Waals surface area contributed by atoms with Crippen LogP contribution in [0, 0.1) is 0 Å². The lowest BCUT2D eigenvalue weighted by molar-refractivity contribution is -0.119. The Morgan fingerprint density at radius 1 is 0.695 bits per heavy atom. The molecule has 4 saturated heterocycles. The van der Waals surface area contributed by atoms with E-state index in [0.29, 0.717) is 37.7 Å². The Bertz CT molecular complexity index is 2340. The number of carbonyl (C=O) groups excluding carboxylic acids is 1. The van der Waals surface area contributed by atoms with Crippen LogP contribution in [0.15, 0.2) is 77.2 Å². The monoisotopic (exact) mass is 812 g/mol. The zero-order chi connectivity index (χ0) is 40.6. The summed E-state index contributed by atoms with van der Waals surface area (Å²) in [4.78, 5) is 59.3. The number of rotatable bonds is 19. The van der Waals surface area contributed by atoms with Gasteiger partial charge in [-0.3, -0.25) is 4.79 Å². The summed E-state index contributed by atoms with van der Waals surface area (Å²) in [5.74, 6) is 1.84. The van der Waals surface area contributed by atoms with E-state index in [2.05, 4.69) is 62.2 Å². The fourth-order valence-corrected chi connectivity index (χ4v) is 7.06. The van der Waals surface area contributed by atoms with Gasteiger partial charge in [-0.1, -0.05) is 12.1 Å². The van der Waals surface area contributed by atoms with E-state index in [0.717, 1.165) is 61.4 Å². The molecule has 1 N–H and O–H groups in total. The zero-order valence-corrected chi connectivity index (χ0v) is 33.4. The van der Waals surface area contributed by atoms with Crippen LogP contribution in [0.3, 0.4) is 0 Å². The number of likely N-dealkylation sites (N-methyl/N-ethyl adjacent to an activating group) is 1. The molecule has 17 nitrogen and oxygen atoms in total. The fourth-order valence-electron chi connectivity index (χ4n) is 7.06. The molecule has 0 radical (unpaired) electrons. The van der Waals surface area contributed by atoms with Crippen LogP contribution in [0.1, 0.15) is 5.56 Å². The number of anilines is 3. The highest BCUT2D eigenvalue weighted by Gasteiger charge is 2.37. The Hall–Kier alpha value is -5.50. The number of hydrogen-bond donors (Lipinski definition) is 1. The van der Waals surface area contributed by atoms with Crippen LogP contribution in [0.5, 0.6) is 11.5 Å². The van der Waals surface area contributed by atoms with Gasteiger partial charge in [-0.2, -0.15) is 39.1 Å². The lowest BCUT2D eigenvalue weighted by Gasteiger charge is -2.26. The van der Waals surface area contributed by atoms with Crippen LogP contribution in [0.2, 0.25) is 0 Å². The standard InChI is InChI=1S/C42H45N5O12/c1-43-37(48)17-25-6-13-33(32(16-25)47(23-40-56-57-40)24-41-58-59-41)49-14-15-50-36-18-26(7-12-31(36)46(21-38-52-53-38)22-39-54-55-39)42-29-10-8-27(44(2)3)19-34(29)51-35-20-28(45(4)5)9-11-30(35)42/h6-13,16,18-20,38-41H,14-15,17,21-24H2,1-5H3/p+1. The van der Waals surface area contributed by atoms with Crippen LogP contribution < -0.4 is 39.4 Å². The maximum atomic E-state index is 12.3. The van der Waals surface area contributed by atoms with Crippen molar-refractivity contribution in [3.05, 3.63) is 83.7 Å². The second-order valence-electron chi connectivity index (χ2n) is 15.0. The number of fused-ring (bicyclic) bond motifs is 2. The lowest BCUT2D eigenvalue weighted by Crippen LogP contribution is -2.32. The third-order valence-corrected chi connectivity index (χ3v) is 10.3. The van der Waals surface area contributed by atoms with Crippen LogP contribution in [0.25, 0.3) is 33.4 Å². The summed E-state index contributed by atoms with van der Waals surface area (Å²) in [6, 6.07) is 24.3. The van der Waals surface area contributed by atoms with E-state index in [1.54, 1.807) is 7.05 Å². The van der Waals surface area contributed by atoms with Crippen molar-refractivity contribution in [3.8, 4) is 33.9 Å². The minimum absolute atomic E-state index is 0.110. The molecule has 5 heterocycles. The summed E-state index contributed by atoms with van der Waals surface area (Å²) >= 11 is 0. The highest BCUT2D eigenvalue weighted by Crippen LogP contribution is 2.44. The summed E-state index contributed by atoms with van der Waals surface area (Å²) in [6.45, 7) is 2.03. The van der Waals surface area contributed by atoms with Gasteiger partial charge in [0.05, 0.1) is 50.0 Å².